The predicted octanol–water partition coefficient (Wildman–Crippen LogP) is 3.13. The van der Waals surface area contributed by atoms with Crippen molar-refractivity contribution in [3.63, 3.8) is 0 Å². The van der Waals surface area contributed by atoms with Crippen molar-refractivity contribution in [1.82, 2.24) is 9.97 Å². The molecule has 0 saturated heterocycles. The molecule has 5 heteroatoms. The van der Waals surface area contributed by atoms with Crippen LogP contribution in [0.5, 0.6) is 5.75 Å². The first kappa shape index (κ1) is 12.4. The molecule has 0 unspecified atom stereocenters. The molecule has 0 aliphatic rings. The molecule has 0 bridgehead atoms. The Morgan fingerprint density at radius 1 is 1.11 bits per heavy atom. The van der Waals surface area contributed by atoms with Gasteiger partial charge in [0.05, 0.1) is 12.3 Å². The van der Waals surface area contributed by atoms with E-state index in [1.54, 1.807) is 19.9 Å². The minimum absolute atomic E-state index is 0.0930. The average Bonchev–Trinajstić information content (AvgIpc) is 2.33. The molecular formula is C13H12F2N2O. The second-order valence-electron chi connectivity index (χ2n) is 3.74. The molecule has 2 aromatic rings. The molecule has 0 fully saturated rings. The summed E-state index contributed by atoms with van der Waals surface area (Å²) < 4.78 is 32.5. The van der Waals surface area contributed by atoms with Crippen molar-refractivity contribution >= 4 is 0 Å². The molecule has 0 N–H and O–H groups in total. The van der Waals surface area contributed by atoms with E-state index in [4.69, 9.17) is 4.74 Å². The minimum atomic E-state index is -0.607. The lowest BCUT2D eigenvalue weighted by atomic mass is 10.1. The third-order valence-electron chi connectivity index (χ3n) is 2.40. The van der Waals surface area contributed by atoms with Gasteiger partial charge in [0.1, 0.15) is 12.1 Å². The molecule has 2 rings (SSSR count). The molecule has 94 valence electrons. The molecular weight excluding hydrogens is 238 g/mol. The largest absolute Gasteiger partial charge is 0.491 e. The molecule has 1 heterocycles. The highest BCUT2D eigenvalue weighted by Crippen LogP contribution is 2.27. The van der Waals surface area contributed by atoms with Gasteiger partial charge in [0.25, 0.3) is 0 Å². The first-order valence-corrected chi connectivity index (χ1v) is 5.52. The van der Waals surface area contributed by atoms with Crippen molar-refractivity contribution in [2.75, 3.05) is 6.61 Å². The van der Waals surface area contributed by atoms with E-state index < -0.39 is 11.6 Å². The summed E-state index contributed by atoms with van der Waals surface area (Å²) in [4.78, 5) is 7.84. The summed E-state index contributed by atoms with van der Waals surface area (Å²) in [6, 6.07) is 3.71. The van der Waals surface area contributed by atoms with Crippen molar-refractivity contribution < 1.29 is 13.5 Å². The lowest BCUT2D eigenvalue weighted by Crippen LogP contribution is -1.98. The van der Waals surface area contributed by atoms with E-state index in [1.165, 1.54) is 6.33 Å². The minimum Gasteiger partial charge on any atom is -0.491 e. The molecule has 0 aliphatic heterocycles. The zero-order chi connectivity index (χ0) is 13.1. The van der Waals surface area contributed by atoms with Crippen LogP contribution in [0.15, 0.2) is 24.5 Å². The highest BCUT2D eigenvalue weighted by atomic mass is 19.1. The average molecular weight is 250 g/mol. The third-order valence-corrected chi connectivity index (χ3v) is 2.40. The fourth-order valence-corrected chi connectivity index (χ4v) is 1.59. The number of nitrogens with zero attached hydrogens (tertiary/aromatic N) is 2. The Bertz CT molecular complexity index is 573. The molecule has 0 spiro atoms. The van der Waals surface area contributed by atoms with E-state index in [-0.39, 0.29) is 17.9 Å². The predicted molar refractivity (Wildman–Crippen MR) is 63.3 cm³/mol. The Kier molecular flexibility index (Phi) is 3.50. The van der Waals surface area contributed by atoms with Gasteiger partial charge in [-0.2, -0.15) is 0 Å². The molecule has 0 radical (unpaired) electrons. The Labute approximate surface area is 103 Å². The summed E-state index contributed by atoms with van der Waals surface area (Å²) in [5.74, 6) is -1.27. The summed E-state index contributed by atoms with van der Waals surface area (Å²) in [7, 11) is 0. The second-order valence-corrected chi connectivity index (χ2v) is 3.74. The van der Waals surface area contributed by atoms with Crippen LogP contribution in [0.25, 0.3) is 11.3 Å². The SMILES string of the molecule is CCOc1cc(F)c(-c2cc(C)ncn2)cc1F. The topological polar surface area (TPSA) is 35.0 Å². The van der Waals surface area contributed by atoms with Gasteiger partial charge in [-0.15, -0.1) is 0 Å². The van der Waals surface area contributed by atoms with Crippen molar-refractivity contribution in [3.8, 4) is 17.0 Å². The number of aryl methyl sites for hydroxylation is 1. The van der Waals surface area contributed by atoms with E-state index in [0.717, 1.165) is 12.1 Å². The quantitative estimate of drug-likeness (QED) is 0.839. The van der Waals surface area contributed by atoms with Gasteiger partial charge < -0.3 is 4.74 Å². The third kappa shape index (κ3) is 2.45. The number of hydrogen-bond acceptors (Lipinski definition) is 3. The fourth-order valence-electron chi connectivity index (χ4n) is 1.59. The van der Waals surface area contributed by atoms with E-state index in [9.17, 15) is 8.78 Å². The monoisotopic (exact) mass is 250 g/mol. The molecule has 0 aliphatic carbocycles. The highest BCUT2D eigenvalue weighted by Gasteiger charge is 2.13. The number of hydrogen-bond donors (Lipinski definition) is 0. The van der Waals surface area contributed by atoms with Crippen LogP contribution in [0, 0.1) is 18.6 Å². The molecule has 1 aromatic carbocycles. The number of aromatic nitrogens is 2. The van der Waals surface area contributed by atoms with Crippen LogP contribution in [0.1, 0.15) is 12.6 Å². The number of benzene rings is 1. The van der Waals surface area contributed by atoms with Gasteiger partial charge in [-0.25, -0.2) is 18.7 Å². The zero-order valence-electron chi connectivity index (χ0n) is 10.1. The van der Waals surface area contributed by atoms with Crippen LogP contribution in [0.4, 0.5) is 8.78 Å². The highest BCUT2D eigenvalue weighted by molar-refractivity contribution is 5.61. The van der Waals surface area contributed by atoms with Crippen molar-refractivity contribution in [2.24, 2.45) is 0 Å². The summed E-state index contributed by atoms with van der Waals surface area (Å²) in [5, 5.41) is 0. The van der Waals surface area contributed by atoms with Crippen LogP contribution in [-0.4, -0.2) is 16.6 Å². The van der Waals surface area contributed by atoms with E-state index >= 15 is 0 Å². The zero-order valence-corrected chi connectivity index (χ0v) is 10.1. The van der Waals surface area contributed by atoms with Gasteiger partial charge in [0.2, 0.25) is 0 Å². The molecule has 0 saturated carbocycles. The fraction of sp³-hybridized carbons (Fsp3) is 0.231. The Balaban J connectivity index is 2.49. The van der Waals surface area contributed by atoms with Crippen LogP contribution < -0.4 is 4.74 Å². The summed E-state index contributed by atoms with van der Waals surface area (Å²) in [6.45, 7) is 3.75. The van der Waals surface area contributed by atoms with Crippen LogP contribution >= 0.6 is 0 Å². The van der Waals surface area contributed by atoms with Crippen LogP contribution in [-0.2, 0) is 0 Å². The van der Waals surface area contributed by atoms with Gasteiger partial charge >= 0.3 is 0 Å². The Morgan fingerprint density at radius 3 is 2.56 bits per heavy atom. The first-order chi connectivity index (χ1) is 8.61. The number of halogens is 2. The molecule has 3 nitrogen and oxygen atoms in total. The number of ether oxygens (including phenoxy) is 1. The second kappa shape index (κ2) is 5.08. The van der Waals surface area contributed by atoms with Gasteiger partial charge in [-0.1, -0.05) is 0 Å². The van der Waals surface area contributed by atoms with Crippen LogP contribution in [0.3, 0.4) is 0 Å². The maximum Gasteiger partial charge on any atom is 0.165 e. The van der Waals surface area contributed by atoms with Crippen molar-refractivity contribution in [3.05, 3.63) is 41.9 Å². The van der Waals surface area contributed by atoms with Gasteiger partial charge in [0, 0.05) is 17.3 Å². The van der Waals surface area contributed by atoms with E-state index in [1.807, 2.05) is 0 Å². The lowest BCUT2D eigenvalue weighted by molar-refractivity contribution is 0.319. The van der Waals surface area contributed by atoms with E-state index in [2.05, 4.69) is 9.97 Å². The number of rotatable bonds is 3. The van der Waals surface area contributed by atoms with Gasteiger partial charge in [-0.05, 0) is 26.0 Å². The maximum atomic E-state index is 13.9. The Morgan fingerprint density at radius 2 is 1.89 bits per heavy atom. The summed E-state index contributed by atoms with van der Waals surface area (Å²) >= 11 is 0. The summed E-state index contributed by atoms with van der Waals surface area (Å²) in [5.41, 5.74) is 1.14. The smallest absolute Gasteiger partial charge is 0.165 e. The first-order valence-electron chi connectivity index (χ1n) is 5.52. The van der Waals surface area contributed by atoms with Gasteiger partial charge in [0.15, 0.2) is 11.6 Å². The standard InChI is InChI=1S/C13H12F2N2O/c1-3-18-13-6-10(14)9(5-11(13)15)12-4-8(2)16-7-17-12/h4-7H,3H2,1-2H3. The molecule has 0 amide bonds. The molecule has 18 heavy (non-hydrogen) atoms. The maximum absolute atomic E-state index is 13.9. The van der Waals surface area contributed by atoms with Crippen LogP contribution in [0.2, 0.25) is 0 Å². The molecule has 0 atom stereocenters. The van der Waals surface area contributed by atoms with Gasteiger partial charge in [-0.3, -0.25) is 0 Å². The van der Waals surface area contributed by atoms with Crippen molar-refractivity contribution in [1.29, 1.82) is 0 Å². The summed E-state index contributed by atoms with van der Waals surface area (Å²) in [6.07, 6.45) is 1.32. The molecule has 1 aromatic heterocycles. The lowest BCUT2D eigenvalue weighted by Gasteiger charge is -2.08. The van der Waals surface area contributed by atoms with Crippen molar-refractivity contribution in [2.45, 2.75) is 13.8 Å². The Hall–Kier alpha value is -2.04. The van der Waals surface area contributed by atoms with E-state index in [0.29, 0.717) is 11.4 Å². The normalized spacial score (nSPS) is 10.4.